The summed E-state index contributed by atoms with van der Waals surface area (Å²) in [6.07, 6.45) is 4.32. The molecule has 0 heterocycles. The lowest BCUT2D eigenvalue weighted by Crippen LogP contribution is -2.44. The van der Waals surface area contributed by atoms with Crippen LogP contribution in [0, 0.1) is 6.92 Å². The maximum absolute atomic E-state index is 12.9. The molecule has 0 aliphatic carbocycles. The van der Waals surface area contributed by atoms with Gasteiger partial charge in [0.1, 0.15) is 17.5 Å². The number of benzene rings is 2. The number of rotatable bonds is 11. The molecular weight excluding hydrogens is 432 g/mol. The van der Waals surface area contributed by atoms with E-state index in [0.717, 1.165) is 11.6 Å². The second-order valence-electron chi connectivity index (χ2n) is 9.91. The monoisotopic (exact) mass is 470 g/mol. The van der Waals surface area contributed by atoms with E-state index in [-0.39, 0.29) is 5.97 Å². The molecule has 0 aliphatic rings. The van der Waals surface area contributed by atoms with Crippen molar-refractivity contribution >= 4 is 14.0 Å². The van der Waals surface area contributed by atoms with Gasteiger partial charge in [-0.05, 0) is 50.6 Å². The number of aryl methyl sites for hydroxylation is 1. The molecule has 0 amide bonds. The van der Waals surface area contributed by atoms with E-state index in [9.17, 15) is 4.79 Å². The van der Waals surface area contributed by atoms with Gasteiger partial charge in [0, 0.05) is 20.6 Å². The molecule has 0 aromatic heterocycles. The third-order valence-corrected chi connectivity index (χ3v) is 6.80. The van der Waals surface area contributed by atoms with Crippen LogP contribution in [-0.4, -0.2) is 40.0 Å². The van der Waals surface area contributed by atoms with E-state index in [1.807, 2.05) is 51.1 Å². The first-order valence-electron chi connectivity index (χ1n) is 11.3. The quantitative estimate of drug-likeness (QED) is 0.208. The van der Waals surface area contributed by atoms with E-state index in [1.165, 1.54) is 0 Å². The van der Waals surface area contributed by atoms with Crippen LogP contribution in [-0.2, 0) is 4.74 Å². The van der Waals surface area contributed by atoms with Crippen molar-refractivity contribution in [3.63, 3.8) is 0 Å². The highest BCUT2D eigenvalue weighted by atomic mass is 28.3. The normalized spacial score (nSPS) is 13.0. The molecule has 180 valence electrons. The Kier molecular flexibility index (Phi) is 9.17. The Labute approximate surface area is 199 Å². The topological polar surface area (TPSA) is 54.0 Å². The van der Waals surface area contributed by atoms with Crippen molar-refractivity contribution < 1.29 is 23.7 Å². The lowest BCUT2D eigenvalue weighted by atomic mass is 9.97. The first-order chi connectivity index (χ1) is 15.5. The van der Waals surface area contributed by atoms with Crippen molar-refractivity contribution in [1.82, 2.24) is 0 Å². The zero-order chi connectivity index (χ0) is 24.6. The lowest BCUT2D eigenvalue weighted by Gasteiger charge is -2.34. The van der Waals surface area contributed by atoms with Crippen molar-refractivity contribution in [3.8, 4) is 17.2 Å². The molecule has 2 aromatic carbocycles. The highest BCUT2D eigenvalue weighted by Gasteiger charge is 2.35. The number of ether oxygens (including phenoxy) is 4. The maximum atomic E-state index is 12.9. The Morgan fingerprint density at radius 1 is 0.970 bits per heavy atom. The van der Waals surface area contributed by atoms with Crippen LogP contribution in [0.25, 0.3) is 0 Å². The second-order valence-corrected chi connectivity index (χ2v) is 15.4. The van der Waals surface area contributed by atoms with Gasteiger partial charge < -0.3 is 18.9 Å². The highest BCUT2D eigenvalue weighted by Crippen LogP contribution is 2.38. The Morgan fingerprint density at radius 2 is 1.61 bits per heavy atom. The van der Waals surface area contributed by atoms with Crippen molar-refractivity contribution in [2.45, 2.75) is 64.6 Å². The number of hydrogen-bond acceptors (Lipinski definition) is 5. The summed E-state index contributed by atoms with van der Waals surface area (Å²) in [5, 5.41) is 0. The summed E-state index contributed by atoms with van der Waals surface area (Å²) in [5.41, 5.74) is 0.626. The Bertz CT molecular complexity index is 945. The largest absolute Gasteiger partial charge is 0.496 e. The zero-order valence-electron chi connectivity index (χ0n) is 21.2. The van der Waals surface area contributed by atoms with Crippen LogP contribution in [0.1, 0.15) is 36.2 Å². The summed E-state index contributed by atoms with van der Waals surface area (Å²) < 4.78 is 23.4. The molecule has 2 aromatic rings. The van der Waals surface area contributed by atoms with Gasteiger partial charge in [0.25, 0.3) is 0 Å². The predicted molar refractivity (Wildman–Crippen MR) is 137 cm³/mol. The standard InChI is InChI=1S/C27H38O5Si/c1-20-18-23(30-5)24(19-22(20)29-4)32-27(2,3)25(16-12-13-17-33(6,7)8)31-26(28)21-14-10-9-11-15-21/h9-15,18-19,25H,16-17H2,1-8H3/b13-12-. The molecule has 5 nitrogen and oxygen atoms in total. The maximum Gasteiger partial charge on any atom is 0.338 e. The summed E-state index contributed by atoms with van der Waals surface area (Å²) >= 11 is 0. The van der Waals surface area contributed by atoms with Gasteiger partial charge in [0.2, 0.25) is 0 Å². The third kappa shape index (κ3) is 7.97. The van der Waals surface area contributed by atoms with E-state index in [1.54, 1.807) is 26.4 Å². The first-order valence-corrected chi connectivity index (χ1v) is 15.0. The van der Waals surface area contributed by atoms with Crippen LogP contribution >= 0.6 is 0 Å². The predicted octanol–water partition coefficient (Wildman–Crippen LogP) is 6.68. The summed E-state index contributed by atoms with van der Waals surface area (Å²) in [6.45, 7) is 12.8. The number of hydrogen-bond donors (Lipinski definition) is 0. The van der Waals surface area contributed by atoms with Crippen molar-refractivity contribution in [2.75, 3.05) is 14.2 Å². The van der Waals surface area contributed by atoms with Gasteiger partial charge in [-0.1, -0.05) is 50.0 Å². The molecule has 1 atom stereocenters. The number of methoxy groups -OCH3 is 2. The van der Waals surface area contributed by atoms with E-state index in [2.05, 4.69) is 31.8 Å². The summed E-state index contributed by atoms with van der Waals surface area (Å²) in [5.74, 6) is 1.47. The van der Waals surface area contributed by atoms with Crippen molar-refractivity contribution in [1.29, 1.82) is 0 Å². The third-order valence-electron chi connectivity index (χ3n) is 5.34. The number of carbonyl (C=O) groups excluding carboxylic acids is 1. The highest BCUT2D eigenvalue weighted by molar-refractivity contribution is 6.76. The lowest BCUT2D eigenvalue weighted by molar-refractivity contribution is -0.0489. The van der Waals surface area contributed by atoms with E-state index < -0.39 is 19.8 Å². The molecule has 1 unspecified atom stereocenters. The smallest absolute Gasteiger partial charge is 0.338 e. The molecule has 0 aliphatic heterocycles. The van der Waals surface area contributed by atoms with Gasteiger partial charge in [-0.3, -0.25) is 0 Å². The molecule has 0 bridgehead atoms. The molecule has 2 rings (SSSR count). The number of esters is 1. The molecule has 6 heteroatoms. The average molecular weight is 471 g/mol. The zero-order valence-corrected chi connectivity index (χ0v) is 22.2. The van der Waals surface area contributed by atoms with Crippen molar-refractivity contribution in [2.24, 2.45) is 0 Å². The van der Waals surface area contributed by atoms with Crippen LogP contribution in [0.5, 0.6) is 17.2 Å². The molecule has 33 heavy (non-hydrogen) atoms. The molecule has 0 saturated carbocycles. The SMILES string of the molecule is COc1cc(OC(C)(C)C(C/C=C\C[Si](C)(C)C)OC(=O)c2ccccc2)c(OC)cc1C. The van der Waals surface area contributed by atoms with Gasteiger partial charge in [0.05, 0.1) is 19.8 Å². The fourth-order valence-corrected chi connectivity index (χ4v) is 4.23. The minimum atomic E-state index is -1.21. The first kappa shape index (κ1) is 26.5. The number of allylic oxidation sites excluding steroid dienone is 1. The fourth-order valence-electron chi connectivity index (χ4n) is 3.35. The van der Waals surface area contributed by atoms with Crippen molar-refractivity contribution in [3.05, 3.63) is 65.7 Å². The molecule has 0 spiro atoms. The van der Waals surface area contributed by atoms with Crippen LogP contribution in [0.3, 0.4) is 0 Å². The Balaban J connectivity index is 2.32. The molecule has 0 saturated heterocycles. The summed E-state index contributed by atoms with van der Waals surface area (Å²) in [6, 6.07) is 13.8. The number of carbonyl (C=O) groups is 1. The van der Waals surface area contributed by atoms with E-state index in [0.29, 0.717) is 29.2 Å². The van der Waals surface area contributed by atoms with Gasteiger partial charge in [0.15, 0.2) is 11.5 Å². The molecule has 0 N–H and O–H groups in total. The fraction of sp³-hybridized carbons (Fsp3) is 0.444. The minimum absolute atomic E-state index is 0.371. The van der Waals surface area contributed by atoms with Gasteiger partial charge in [-0.15, -0.1) is 0 Å². The van der Waals surface area contributed by atoms with Crippen LogP contribution in [0.2, 0.25) is 25.7 Å². The van der Waals surface area contributed by atoms with E-state index in [4.69, 9.17) is 18.9 Å². The Hall–Kier alpha value is -2.73. The van der Waals surface area contributed by atoms with Gasteiger partial charge >= 0.3 is 5.97 Å². The molecule has 0 radical (unpaired) electrons. The second kappa shape index (κ2) is 11.4. The molecule has 0 fully saturated rings. The van der Waals surface area contributed by atoms with Gasteiger partial charge in [-0.25, -0.2) is 4.79 Å². The summed E-state index contributed by atoms with van der Waals surface area (Å²) in [7, 11) is 2.02. The molecular formula is C27H38O5Si. The van der Waals surface area contributed by atoms with Crippen LogP contribution in [0.15, 0.2) is 54.6 Å². The Morgan fingerprint density at radius 3 is 2.18 bits per heavy atom. The summed E-state index contributed by atoms with van der Waals surface area (Å²) in [4.78, 5) is 12.9. The van der Waals surface area contributed by atoms with Gasteiger partial charge in [-0.2, -0.15) is 0 Å². The van der Waals surface area contributed by atoms with Crippen LogP contribution in [0.4, 0.5) is 0 Å². The average Bonchev–Trinajstić information content (AvgIpc) is 2.76. The van der Waals surface area contributed by atoms with E-state index >= 15 is 0 Å². The minimum Gasteiger partial charge on any atom is -0.496 e. The van der Waals surface area contributed by atoms with Crippen LogP contribution < -0.4 is 14.2 Å².